The van der Waals surface area contributed by atoms with Gasteiger partial charge in [-0.25, -0.2) is 4.79 Å². The first-order chi connectivity index (χ1) is 7.81. The molecule has 3 heteroatoms. The summed E-state index contributed by atoms with van der Waals surface area (Å²) in [4.78, 5) is 18.0. The van der Waals surface area contributed by atoms with E-state index in [2.05, 4.69) is 23.0 Å². The third-order valence-corrected chi connectivity index (χ3v) is 2.40. The Balaban J connectivity index is 2.54. The molecule has 0 spiro atoms. The predicted molar refractivity (Wildman–Crippen MR) is 66.3 cm³/mol. The van der Waals surface area contributed by atoms with E-state index in [9.17, 15) is 4.79 Å². The molecular formula is C13H14N2O. The number of benzene rings is 1. The number of unbranched alkanes of at least 4 members (excludes halogenated alkanes) is 1. The van der Waals surface area contributed by atoms with Crippen molar-refractivity contribution in [2.75, 3.05) is 0 Å². The molecule has 1 N–H and O–H groups in total. The van der Waals surface area contributed by atoms with Crippen LogP contribution >= 0.6 is 0 Å². The van der Waals surface area contributed by atoms with Gasteiger partial charge in [-0.3, -0.25) is 0 Å². The van der Waals surface area contributed by atoms with E-state index in [0.717, 1.165) is 29.4 Å². The lowest BCUT2D eigenvalue weighted by Gasteiger charge is -2.00. The van der Waals surface area contributed by atoms with Crippen LogP contribution in [0.2, 0.25) is 0 Å². The van der Waals surface area contributed by atoms with Gasteiger partial charge in [0.15, 0.2) is 0 Å². The van der Waals surface area contributed by atoms with Gasteiger partial charge in [0, 0.05) is 5.39 Å². The van der Waals surface area contributed by atoms with E-state index in [1.54, 1.807) is 0 Å². The van der Waals surface area contributed by atoms with E-state index in [0.29, 0.717) is 0 Å². The van der Waals surface area contributed by atoms with Gasteiger partial charge in [0.1, 0.15) is 0 Å². The Hall–Kier alpha value is -1.90. The molecule has 2 aromatic rings. The first-order valence-electron chi connectivity index (χ1n) is 5.47. The van der Waals surface area contributed by atoms with E-state index >= 15 is 0 Å². The maximum atomic E-state index is 11.3. The molecule has 0 saturated heterocycles. The zero-order chi connectivity index (χ0) is 11.4. The quantitative estimate of drug-likeness (QED) is 0.853. The van der Waals surface area contributed by atoms with Crippen LogP contribution in [0.15, 0.2) is 35.1 Å². The van der Waals surface area contributed by atoms with Crippen molar-refractivity contribution >= 4 is 17.0 Å². The second-order valence-electron chi connectivity index (χ2n) is 3.66. The number of nitrogens with one attached hydrogen (secondary N) is 1. The van der Waals surface area contributed by atoms with Crippen molar-refractivity contribution in [3.63, 3.8) is 0 Å². The van der Waals surface area contributed by atoms with Crippen molar-refractivity contribution in [1.82, 2.24) is 9.97 Å². The zero-order valence-corrected chi connectivity index (χ0v) is 9.23. The summed E-state index contributed by atoms with van der Waals surface area (Å²) in [5, 5.41) is 0.981. The summed E-state index contributed by atoms with van der Waals surface area (Å²) in [5.74, 6) is 0. The summed E-state index contributed by atoms with van der Waals surface area (Å²) < 4.78 is 0. The van der Waals surface area contributed by atoms with Crippen molar-refractivity contribution in [2.24, 2.45) is 0 Å². The number of allylic oxidation sites excluding steroid dienone is 1. The van der Waals surface area contributed by atoms with Gasteiger partial charge in [0.05, 0.1) is 11.2 Å². The van der Waals surface area contributed by atoms with E-state index in [1.165, 1.54) is 0 Å². The summed E-state index contributed by atoms with van der Waals surface area (Å²) in [7, 11) is 0. The number of hydrogen-bond acceptors (Lipinski definition) is 2. The SMILES string of the molecule is CCCC=Cc1[nH]c(=O)nc2ccccc12. The number of nitrogens with zero attached hydrogens (tertiary/aromatic N) is 1. The van der Waals surface area contributed by atoms with E-state index in [1.807, 2.05) is 30.3 Å². The average Bonchev–Trinajstić information content (AvgIpc) is 2.29. The van der Waals surface area contributed by atoms with Gasteiger partial charge in [-0.1, -0.05) is 37.6 Å². The second-order valence-corrected chi connectivity index (χ2v) is 3.66. The summed E-state index contributed by atoms with van der Waals surface area (Å²) in [5.41, 5.74) is 1.28. The molecule has 16 heavy (non-hydrogen) atoms. The molecule has 0 aliphatic carbocycles. The summed E-state index contributed by atoms with van der Waals surface area (Å²) >= 11 is 0. The lowest BCUT2D eigenvalue weighted by atomic mass is 10.1. The molecule has 82 valence electrons. The third-order valence-electron chi connectivity index (χ3n) is 2.40. The van der Waals surface area contributed by atoms with Crippen LogP contribution in [-0.2, 0) is 0 Å². The van der Waals surface area contributed by atoms with E-state index in [-0.39, 0.29) is 5.69 Å². The smallest absolute Gasteiger partial charge is 0.305 e. The lowest BCUT2D eigenvalue weighted by molar-refractivity contribution is 0.961. The normalized spacial score (nSPS) is 11.3. The van der Waals surface area contributed by atoms with Crippen LogP contribution in [-0.4, -0.2) is 9.97 Å². The van der Waals surface area contributed by atoms with Crippen molar-refractivity contribution in [3.05, 3.63) is 46.5 Å². The number of H-pyrrole nitrogens is 1. The van der Waals surface area contributed by atoms with Crippen molar-refractivity contribution in [3.8, 4) is 0 Å². The van der Waals surface area contributed by atoms with Crippen LogP contribution < -0.4 is 5.69 Å². The minimum absolute atomic E-state index is 0.296. The van der Waals surface area contributed by atoms with Crippen LogP contribution in [0, 0.1) is 0 Å². The van der Waals surface area contributed by atoms with Crippen LogP contribution in [0.25, 0.3) is 17.0 Å². The highest BCUT2D eigenvalue weighted by Gasteiger charge is 2.00. The average molecular weight is 214 g/mol. The summed E-state index contributed by atoms with van der Waals surface area (Å²) in [6.45, 7) is 2.12. The van der Waals surface area contributed by atoms with Gasteiger partial charge >= 0.3 is 5.69 Å². The monoisotopic (exact) mass is 214 g/mol. The Bertz CT molecular complexity index is 569. The molecule has 1 aromatic carbocycles. The van der Waals surface area contributed by atoms with Gasteiger partial charge in [0.25, 0.3) is 0 Å². The zero-order valence-electron chi connectivity index (χ0n) is 9.23. The maximum absolute atomic E-state index is 11.3. The number of rotatable bonds is 3. The van der Waals surface area contributed by atoms with E-state index in [4.69, 9.17) is 0 Å². The first kappa shape index (κ1) is 10.6. The van der Waals surface area contributed by atoms with Crippen LogP contribution in [0.3, 0.4) is 0 Å². The van der Waals surface area contributed by atoms with Crippen molar-refractivity contribution in [1.29, 1.82) is 0 Å². The molecule has 0 radical (unpaired) electrons. The van der Waals surface area contributed by atoms with Gasteiger partial charge in [-0.15, -0.1) is 0 Å². The summed E-state index contributed by atoms with van der Waals surface area (Å²) in [6, 6.07) is 7.64. The van der Waals surface area contributed by atoms with Crippen LogP contribution in [0.4, 0.5) is 0 Å². The van der Waals surface area contributed by atoms with Gasteiger partial charge in [-0.05, 0) is 18.6 Å². The Morgan fingerprint density at radius 1 is 1.38 bits per heavy atom. The fourth-order valence-electron chi connectivity index (χ4n) is 1.62. The topological polar surface area (TPSA) is 45.8 Å². The molecule has 0 saturated carbocycles. The number of fused-ring (bicyclic) bond motifs is 1. The summed E-state index contributed by atoms with van der Waals surface area (Å²) in [6.07, 6.45) is 6.13. The minimum atomic E-state index is -0.296. The molecule has 0 aliphatic rings. The van der Waals surface area contributed by atoms with Gasteiger partial charge in [-0.2, -0.15) is 4.98 Å². The molecule has 1 heterocycles. The fourth-order valence-corrected chi connectivity index (χ4v) is 1.62. The Kier molecular flexibility index (Phi) is 3.15. The Morgan fingerprint density at radius 2 is 2.19 bits per heavy atom. The molecule has 0 atom stereocenters. The number of aromatic nitrogens is 2. The molecule has 0 amide bonds. The molecule has 0 bridgehead atoms. The van der Waals surface area contributed by atoms with Crippen molar-refractivity contribution in [2.45, 2.75) is 19.8 Å². The molecule has 0 fully saturated rings. The lowest BCUT2D eigenvalue weighted by Crippen LogP contribution is -2.11. The predicted octanol–water partition coefficient (Wildman–Crippen LogP) is 2.74. The van der Waals surface area contributed by atoms with Crippen molar-refractivity contribution < 1.29 is 0 Å². The third kappa shape index (κ3) is 2.19. The largest absolute Gasteiger partial charge is 0.345 e. The second kappa shape index (κ2) is 4.75. The fraction of sp³-hybridized carbons (Fsp3) is 0.231. The van der Waals surface area contributed by atoms with Gasteiger partial charge in [0.2, 0.25) is 0 Å². The molecule has 0 aliphatic heterocycles. The van der Waals surface area contributed by atoms with E-state index < -0.39 is 0 Å². The number of hydrogen-bond donors (Lipinski definition) is 1. The highest BCUT2D eigenvalue weighted by molar-refractivity contribution is 5.85. The number of para-hydroxylation sites is 1. The molecule has 2 rings (SSSR count). The molecule has 1 aromatic heterocycles. The molecule has 0 unspecified atom stereocenters. The van der Waals surface area contributed by atoms with Crippen LogP contribution in [0.1, 0.15) is 25.5 Å². The first-order valence-corrected chi connectivity index (χ1v) is 5.47. The minimum Gasteiger partial charge on any atom is -0.305 e. The van der Waals surface area contributed by atoms with Gasteiger partial charge < -0.3 is 4.98 Å². The Labute approximate surface area is 93.8 Å². The standard InChI is InChI=1S/C13H14N2O/c1-2-3-4-8-11-10-7-5-6-9-12(10)15-13(16)14-11/h4-9H,2-3H2,1H3,(H,14,15,16). The Morgan fingerprint density at radius 3 is 3.00 bits per heavy atom. The van der Waals surface area contributed by atoms with Crippen LogP contribution in [0.5, 0.6) is 0 Å². The molecular weight excluding hydrogens is 200 g/mol. The highest BCUT2D eigenvalue weighted by Crippen LogP contribution is 2.14. The maximum Gasteiger partial charge on any atom is 0.345 e. The highest BCUT2D eigenvalue weighted by atomic mass is 16.1. The number of aromatic amines is 1. The molecule has 3 nitrogen and oxygen atoms in total.